The summed E-state index contributed by atoms with van der Waals surface area (Å²) in [5.41, 5.74) is 14.0. The van der Waals surface area contributed by atoms with Crippen molar-refractivity contribution in [3.63, 3.8) is 0 Å². The van der Waals surface area contributed by atoms with E-state index in [0.717, 1.165) is 11.8 Å². The van der Waals surface area contributed by atoms with Gasteiger partial charge in [-0.25, -0.2) is 0 Å². The molecule has 2 heteroatoms. The second kappa shape index (κ2) is 6.43. The van der Waals surface area contributed by atoms with Gasteiger partial charge < -0.3 is 11.5 Å². The van der Waals surface area contributed by atoms with Crippen molar-refractivity contribution < 1.29 is 0 Å². The topological polar surface area (TPSA) is 52.0 Å². The van der Waals surface area contributed by atoms with Crippen molar-refractivity contribution in [2.75, 3.05) is 0 Å². The van der Waals surface area contributed by atoms with Gasteiger partial charge in [-0.15, -0.1) is 0 Å². The summed E-state index contributed by atoms with van der Waals surface area (Å²) < 4.78 is 0. The van der Waals surface area contributed by atoms with E-state index in [9.17, 15) is 0 Å². The van der Waals surface area contributed by atoms with E-state index in [4.69, 9.17) is 11.5 Å². The predicted octanol–water partition coefficient (Wildman–Crippen LogP) is 4.61. The molecule has 0 bridgehead atoms. The molecule has 3 unspecified atom stereocenters. The average Bonchev–Trinajstić information content (AvgIpc) is 2.56. The molecule has 0 amide bonds. The van der Waals surface area contributed by atoms with Gasteiger partial charge in [0.1, 0.15) is 0 Å². The third-order valence-electron chi connectivity index (χ3n) is 8.05. The molecule has 4 N–H and O–H groups in total. The molecule has 0 aromatic carbocycles. The molecule has 3 aliphatic carbocycles. The zero-order valence-corrected chi connectivity index (χ0v) is 14.9. The fraction of sp³-hybridized carbons (Fsp3) is 1.00. The van der Waals surface area contributed by atoms with Crippen LogP contribution in [0.1, 0.15) is 90.9 Å². The van der Waals surface area contributed by atoms with Gasteiger partial charge in [0.05, 0.1) is 0 Å². The lowest BCUT2D eigenvalue weighted by Gasteiger charge is -2.61. The smallest absolute Gasteiger partial charge is 0.0310 e. The summed E-state index contributed by atoms with van der Waals surface area (Å²) in [4.78, 5) is 0. The quantitative estimate of drug-likeness (QED) is 0.783. The molecular weight excluding hydrogens is 268 g/mol. The summed E-state index contributed by atoms with van der Waals surface area (Å²) in [6, 6.07) is 0.190. The molecule has 0 radical (unpaired) electrons. The van der Waals surface area contributed by atoms with Gasteiger partial charge in [0.15, 0.2) is 0 Å². The van der Waals surface area contributed by atoms with Crippen molar-refractivity contribution >= 4 is 0 Å². The Hall–Kier alpha value is -0.0800. The van der Waals surface area contributed by atoms with Crippen molar-refractivity contribution in [3.8, 4) is 0 Å². The molecule has 0 heterocycles. The van der Waals surface area contributed by atoms with Gasteiger partial charge in [-0.3, -0.25) is 0 Å². The molecule has 3 aliphatic rings. The number of hydrogen-bond donors (Lipinski definition) is 2. The van der Waals surface area contributed by atoms with Crippen LogP contribution < -0.4 is 11.5 Å². The molecule has 0 aliphatic heterocycles. The molecule has 22 heavy (non-hydrogen) atoms. The van der Waals surface area contributed by atoms with Crippen LogP contribution in [-0.2, 0) is 0 Å². The van der Waals surface area contributed by atoms with E-state index in [1.165, 1.54) is 77.0 Å². The molecule has 0 spiro atoms. The van der Waals surface area contributed by atoms with Crippen LogP contribution >= 0.6 is 0 Å². The monoisotopic (exact) mass is 306 g/mol. The van der Waals surface area contributed by atoms with E-state index in [2.05, 4.69) is 13.8 Å². The Morgan fingerprint density at radius 1 is 0.773 bits per heavy atom. The Morgan fingerprint density at radius 2 is 1.23 bits per heavy atom. The molecule has 0 aromatic rings. The maximum atomic E-state index is 7.02. The minimum absolute atomic E-state index is 0.187. The van der Waals surface area contributed by atoms with Crippen LogP contribution in [0.4, 0.5) is 0 Å². The maximum absolute atomic E-state index is 7.02. The van der Waals surface area contributed by atoms with E-state index in [1.807, 2.05) is 0 Å². The largest absolute Gasteiger partial charge is 0.326 e. The molecule has 2 nitrogen and oxygen atoms in total. The fourth-order valence-corrected chi connectivity index (χ4v) is 6.35. The Kier molecular flexibility index (Phi) is 4.90. The summed E-state index contributed by atoms with van der Waals surface area (Å²) >= 11 is 0. The summed E-state index contributed by atoms with van der Waals surface area (Å²) in [6.07, 6.45) is 16.8. The van der Waals surface area contributed by atoms with E-state index in [-0.39, 0.29) is 11.6 Å². The SMILES string of the molecule is CC1CCC(C2CCCCC2)(C2CCCCC2)C(N)C1(C)N. The minimum atomic E-state index is -0.187. The Balaban J connectivity index is 1.94. The molecule has 0 aromatic heterocycles. The fourth-order valence-electron chi connectivity index (χ4n) is 6.35. The van der Waals surface area contributed by atoms with E-state index >= 15 is 0 Å². The molecule has 0 saturated heterocycles. The van der Waals surface area contributed by atoms with Crippen molar-refractivity contribution in [1.29, 1.82) is 0 Å². The number of hydrogen-bond acceptors (Lipinski definition) is 2. The standard InChI is InChI=1S/C20H38N2/c1-15-13-14-20(18(21)19(15,2)22,16-9-5-3-6-10-16)17-11-7-4-8-12-17/h15-18H,3-14,21-22H2,1-2H3. The first-order chi connectivity index (χ1) is 10.5. The lowest BCUT2D eigenvalue weighted by atomic mass is 9.47. The molecule has 3 rings (SSSR count). The van der Waals surface area contributed by atoms with E-state index < -0.39 is 0 Å². The van der Waals surface area contributed by atoms with Crippen molar-refractivity contribution in [2.45, 2.75) is 102 Å². The highest BCUT2D eigenvalue weighted by Crippen LogP contribution is 2.58. The van der Waals surface area contributed by atoms with Crippen LogP contribution in [0, 0.1) is 23.2 Å². The van der Waals surface area contributed by atoms with Crippen LogP contribution in [0.5, 0.6) is 0 Å². The second-order valence-corrected chi connectivity index (χ2v) is 9.07. The zero-order chi connectivity index (χ0) is 15.8. The summed E-state index contributed by atoms with van der Waals surface area (Å²) in [7, 11) is 0. The second-order valence-electron chi connectivity index (χ2n) is 9.07. The van der Waals surface area contributed by atoms with Crippen molar-refractivity contribution in [3.05, 3.63) is 0 Å². The third-order valence-corrected chi connectivity index (χ3v) is 8.05. The normalized spacial score (nSPS) is 41.5. The highest BCUT2D eigenvalue weighted by atomic mass is 14.9. The summed E-state index contributed by atoms with van der Waals surface area (Å²) in [5.74, 6) is 2.24. The molecule has 3 fully saturated rings. The molecule has 128 valence electrons. The number of nitrogens with two attached hydrogens (primary N) is 2. The maximum Gasteiger partial charge on any atom is 0.0310 e. The van der Waals surface area contributed by atoms with Crippen LogP contribution in [-0.4, -0.2) is 11.6 Å². The van der Waals surface area contributed by atoms with Crippen molar-refractivity contribution in [1.82, 2.24) is 0 Å². The van der Waals surface area contributed by atoms with Crippen LogP contribution in [0.25, 0.3) is 0 Å². The highest BCUT2D eigenvalue weighted by Gasteiger charge is 2.57. The van der Waals surface area contributed by atoms with Gasteiger partial charge in [-0.2, -0.15) is 0 Å². The third kappa shape index (κ3) is 2.65. The van der Waals surface area contributed by atoms with Gasteiger partial charge in [0, 0.05) is 11.6 Å². The average molecular weight is 307 g/mol. The first kappa shape index (κ1) is 16.8. The molecule has 3 atom stereocenters. The Morgan fingerprint density at radius 3 is 1.68 bits per heavy atom. The lowest BCUT2D eigenvalue weighted by Crippen LogP contribution is -2.70. The first-order valence-electron chi connectivity index (χ1n) is 10.0. The van der Waals surface area contributed by atoms with Gasteiger partial charge >= 0.3 is 0 Å². The Bertz CT molecular complexity index is 346. The van der Waals surface area contributed by atoms with Crippen molar-refractivity contribution in [2.24, 2.45) is 34.6 Å². The molecular formula is C20H38N2. The van der Waals surface area contributed by atoms with Crippen LogP contribution in [0.2, 0.25) is 0 Å². The summed E-state index contributed by atoms with van der Waals surface area (Å²) in [6.45, 7) is 4.58. The number of rotatable bonds is 2. The van der Waals surface area contributed by atoms with E-state index in [0.29, 0.717) is 11.3 Å². The Labute approximate surface area is 137 Å². The highest BCUT2D eigenvalue weighted by molar-refractivity contribution is 5.13. The first-order valence-corrected chi connectivity index (χ1v) is 10.0. The van der Waals surface area contributed by atoms with Crippen LogP contribution in [0.3, 0.4) is 0 Å². The van der Waals surface area contributed by atoms with Gasteiger partial charge in [-0.05, 0) is 68.6 Å². The minimum Gasteiger partial charge on any atom is -0.326 e. The molecule has 3 saturated carbocycles. The van der Waals surface area contributed by atoms with Gasteiger partial charge in [0.25, 0.3) is 0 Å². The van der Waals surface area contributed by atoms with Gasteiger partial charge in [-0.1, -0.05) is 45.4 Å². The van der Waals surface area contributed by atoms with Crippen LogP contribution in [0.15, 0.2) is 0 Å². The zero-order valence-electron chi connectivity index (χ0n) is 14.9. The predicted molar refractivity (Wildman–Crippen MR) is 94.5 cm³/mol. The lowest BCUT2D eigenvalue weighted by molar-refractivity contribution is -0.0712. The van der Waals surface area contributed by atoms with E-state index in [1.54, 1.807) is 0 Å². The summed E-state index contributed by atoms with van der Waals surface area (Å²) in [5, 5.41) is 0. The van der Waals surface area contributed by atoms with Gasteiger partial charge in [0.2, 0.25) is 0 Å².